The lowest BCUT2D eigenvalue weighted by atomic mass is 10.1. The third-order valence-electron chi connectivity index (χ3n) is 3.74. The highest BCUT2D eigenvalue weighted by Gasteiger charge is 2.35. The van der Waals surface area contributed by atoms with E-state index in [9.17, 15) is 18.0 Å². The van der Waals surface area contributed by atoms with Crippen molar-refractivity contribution in [3.8, 4) is 6.07 Å². The van der Waals surface area contributed by atoms with E-state index in [0.717, 1.165) is 25.0 Å². The average Bonchev–Trinajstić information content (AvgIpc) is 3.26. The number of carbonyl (C=O) groups is 1. The van der Waals surface area contributed by atoms with Gasteiger partial charge in [0, 0.05) is 12.2 Å². The number of nitriles is 1. The molecule has 0 amide bonds. The van der Waals surface area contributed by atoms with Gasteiger partial charge < -0.3 is 10.0 Å². The number of anilines is 1. The lowest BCUT2D eigenvalue weighted by Crippen LogP contribution is -2.40. The van der Waals surface area contributed by atoms with Gasteiger partial charge in [-0.1, -0.05) is 0 Å². The summed E-state index contributed by atoms with van der Waals surface area (Å²) in [5.74, 6) is -0.787. The molecule has 7 heteroatoms. The van der Waals surface area contributed by atoms with Gasteiger partial charge in [-0.05, 0) is 43.9 Å². The number of carboxylic acids is 1. The van der Waals surface area contributed by atoms with Gasteiger partial charge in [0.05, 0.1) is 17.2 Å². The van der Waals surface area contributed by atoms with Gasteiger partial charge in [0.15, 0.2) is 0 Å². The van der Waals surface area contributed by atoms with Crippen molar-refractivity contribution in [3.05, 3.63) is 29.3 Å². The van der Waals surface area contributed by atoms with E-state index in [0.29, 0.717) is 12.5 Å². The normalized spacial score (nSPS) is 16.0. The highest BCUT2D eigenvalue weighted by Crippen LogP contribution is 2.37. The van der Waals surface area contributed by atoms with Crippen LogP contribution in [0.3, 0.4) is 0 Å². The fourth-order valence-corrected chi connectivity index (χ4v) is 2.24. The molecule has 0 radical (unpaired) electrons. The zero-order chi connectivity index (χ0) is 16.5. The maximum atomic E-state index is 13.0. The quantitative estimate of drug-likeness (QED) is 0.906. The minimum atomic E-state index is -4.65. The van der Waals surface area contributed by atoms with Crippen LogP contribution in [0.15, 0.2) is 18.2 Å². The van der Waals surface area contributed by atoms with Crippen molar-refractivity contribution in [3.63, 3.8) is 0 Å². The Kier molecular flexibility index (Phi) is 4.31. The topological polar surface area (TPSA) is 64.3 Å². The second-order valence-electron chi connectivity index (χ2n) is 5.45. The Morgan fingerprint density at radius 3 is 2.59 bits per heavy atom. The highest BCUT2D eigenvalue weighted by atomic mass is 19.4. The molecule has 118 valence electrons. The molecule has 22 heavy (non-hydrogen) atoms. The predicted molar refractivity (Wildman–Crippen MR) is 73.3 cm³/mol. The molecule has 1 atom stereocenters. The van der Waals surface area contributed by atoms with Gasteiger partial charge in [-0.2, -0.15) is 18.4 Å². The third kappa shape index (κ3) is 3.50. The highest BCUT2D eigenvalue weighted by molar-refractivity contribution is 5.78. The van der Waals surface area contributed by atoms with Crippen LogP contribution in [-0.2, 0) is 11.0 Å². The molecule has 0 aromatic heterocycles. The lowest BCUT2D eigenvalue weighted by molar-refractivity contribution is -0.138. The van der Waals surface area contributed by atoms with E-state index < -0.39 is 29.3 Å². The number of nitrogens with zero attached hydrogens (tertiary/aromatic N) is 2. The number of carboxylic acid groups (broad SMARTS) is 1. The molecule has 1 fully saturated rings. The van der Waals surface area contributed by atoms with E-state index in [1.807, 2.05) is 0 Å². The van der Waals surface area contributed by atoms with Crippen LogP contribution in [0.1, 0.15) is 30.9 Å². The van der Waals surface area contributed by atoms with Crippen molar-refractivity contribution in [1.29, 1.82) is 5.26 Å². The first-order chi connectivity index (χ1) is 10.2. The van der Waals surface area contributed by atoms with E-state index in [1.165, 1.54) is 24.0 Å². The first-order valence-electron chi connectivity index (χ1n) is 6.85. The van der Waals surface area contributed by atoms with Gasteiger partial charge in [0.25, 0.3) is 0 Å². The van der Waals surface area contributed by atoms with Crippen molar-refractivity contribution in [2.75, 3.05) is 11.4 Å². The van der Waals surface area contributed by atoms with Gasteiger partial charge >= 0.3 is 12.1 Å². The summed E-state index contributed by atoms with van der Waals surface area (Å²) in [6.07, 6.45) is -2.75. The Balaban J connectivity index is 2.43. The van der Waals surface area contributed by atoms with Crippen LogP contribution in [0.2, 0.25) is 0 Å². The molecule has 0 spiro atoms. The van der Waals surface area contributed by atoms with Gasteiger partial charge in [-0.25, -0.2) is 4.79 Å². The van der Waals surface area contributed by atoms with Crippen LogP contribution in [0.5, 0.6) is 0 Å². The Hall–Kier alpha value is -2.23. The third-order valence-corrected chi connectivity index (χ3v) is 3.74. The minimum Gasteiger partial charge on any atom is -0.480 e. The fourth-order valence-electron chi connectivity index (χ4n) is 2.24. The zero-order valence-corrected chi connectivity index (χ0v) is 11.9. The predicted octanol–water partition coefficient (Wildman–Crippen LogP) is 3.27. The molecule has 0 heterocycles. The maximum Gasteiger partial charge on any atom is 0.417 e. The van der Waals surface area contributed by atoms with Crippen molar-refractivity contribution in [2.45, 2.75) is 32.0 Å². The van der Waals surface area contributed by atoms with Crippen LogP contribution in [0, 0.1) is 17.2 Å². The summed E-state index contributed by atoms with van der Waals surface area (Å²) >= 11 is 0. The van der Waals surface area contributed by atoms with Crippen molar-refractivity contribution in [1.82, 2.24) is 0 Å². The zero-order valence-electron chi connectivity index (χ0n) is 11.9. The monoisotopic (exact) mass is 312 g/mol. The standard InChI is InChI=1S/C15H15F3N2O2/c1-9(14(21)22)20(8-10-2-3-10)12-5-4-11(7-19)13(6-12)15(16,17)18/h4-6,9-10H,2-3,8H2,1H3,(H,21,22)/t9-/m0/s1. The first-order valence-corrected chi connectivity index (χ1v) is 6.85. The van der Waals surface area contributed by atoms with Crippen molar-refractivity contribution >= 4 is 11.7 Å². The number of rotatable bonds is 5. The van der Waals surface area contributed by atoms with E-state index >= 15 is 0 Å². The van der Waals surface area contributed by atoms with Crippen molar-refractivity contribution in [2.24, 2.45) is 5.92 Å². The molecule has 2 rings (SSSR count). The number of halogens is 3. The maximum absolute atomic E-state index is 13.0. The van der Waals surface area contributed by atoms with Crippen LogP contribution >= 0.6 is 0 Å². The Labute approximate surface area is 125 Å². The van der Waals surface area contributed by atoms with E-state index in [4.69, 9.17) is 10.4 Å². The molecule has 1 aromatic rings. The summed E-state index contributed by atoms with van der Waals surface area (Å²) in [5, 5.41) is 18.0. The smallest absolute Gasteiger partial charge is 0.417 e. The molecule has 1 saturated carbocycles. The van der Waals surface area contributed by atoms with Gasteiger partial charge in [0.1, 0.15) is 6.04 Å². The molecular formula is C15H15F3N2O2. The van der Waals surface area contributed by atoms with Crippen LogP contribution < -0.4 is 4.90 Å². The second-order valence-corrected chi connectivity index (χ2v) is 5.45. The van der Waals surface area contributed by atoms with E-state index in [2.05, 4.69) is 0 Å². The van der Waals surface area contributed by atoms with Gasteiger partial charge in [-0.15, -0.1) is 0 Å². The minimum absolute atomic E-state index is 0.174. The molecule has 1 aliphatic carbocycles. The number of hydrogen-bond acceptors (Lipinski definition) is 3. The fraction of sp³-hybridized carbons (Fsp3) is 0.467. The molecule has 0 saturated heterocycles. The van der Waals surface area contributed by atoms with Crippen LogP contribution in [0.4, 0.5) is 18.9 Å². The van der Waals surface area contributed by atoms with Gasteiger partial charge in [-0.3, -0.25) is 0 Å². The van der Waals surface area contributed by atoms with E-state index in [-0.39, 0.29) is 5.69 Å². The second kappa shape index (κ2) is 5.87. The SMILES string of the molecule is C[C@@H](C(=O)O)N(CC1CC1)c1ccc(C#N)c(C(F)(F)F)c1. The summed E-state index contributed by atoms with van der Waals surface area (Å²) in [7, 11) is 0. The average molecular weight is 312 g/mol. The molecule has 1 N–H and O–H groups in total. The van der Waals surface area contributed by atoms with Crippen LogP contribution in [0.25, 0.3) is 0 Å². The molecule has 1 aliphatic rings. The Morgan fingerprint density at radius 2 is 2.14 bits per heavy atom. The number of alkyl halides is 3. The summed E-state index contributed by atoms with van der Waals surface area (Å²) in [5.41, 5.74) is -1.33. The number of aliphatic carboxylic acids is 1. The largest absolute Gasteiger partial charge is 0.480 e. The molecule has 0 bridgehead atoms. The molecule has 0 unspecified atom stereocenters. The van der Waals surface area contributed by atoms with Crippen molar-refractivity contribution < 1.29 is 23.1 Å². The summed E-state index contributed by atoms with van der Waals surface area (Å²) in [6, 6.07) is 3.91. The first kappa shape index (κ1) is 16.1. The molecule has 1 aromatic carbocycles. The molecule has 4 nitrogen and oxygen atoms in total. The Morgan fingerprint density at radius 1 is 1.50 bits per heavy atom. The number of benzene rings is 1. The summed E-state index contributed by atoms with van der Waals surface area (Å²) < 4.78 is 39.1. The summed E-state index contributed by atoms with van der Waals surface area (Å²) in [4.78, 5) is 12.7. The lowest BCUT2D eigenvalue weighted by Gasteiger charge is -2.29. The number of hydrogen-bond donors (Lipinski definition) is 1. The Bertz CT molecular complexity index is 618. The van der Waals surface area contributed by atoms with Gasteiger partial charge in [0.2, 0.25) is 0 Å². The van der Waals surface area contributed by atoms with Crippen LogP contribution in [-0.4, -0.2) is 23.7 Å². The molecule has 0 aliphatic heterocycles. The molecular weight excluding hydrogens is 297 g/mol. The summed E-state index contributed by atoms with van der Waals surface area (Å²) in [6.45, 7) is 1.84. The van der Waals surface area contributed by atoms with E-state index in [1.54, 1.807) is 0 Å².